The van der Waals surface area contributed by atoms with Gasteiger partial charge >= 0.3 is 5.97 Å². The molecule has 152 valence electrons. The molecule has 4 nitrogen and oxygen atoms in total. The molecule has 0 amide bonds. The van der Waals surface area contributed by atoms with Gasteiger partial charge in [0.2, 0.25) is 0 Å². The number of rotatable bonds is 2. The molecule has 5 unspecified atom stereocenters. The van der Waals surface area contributed by atoms with E-state index < -0.39 is 5.97 Å². The number of hydrogen-bond acceptors (Lipinski definition) is 4. The van der Waals surface area contributed by atoms with Crippen molar-refractivity contribution in [2.45, 2.75) is 57.5 Å². The molecular formula is C25H28O4. The number of esters is 1. The number of carbonyl (C=O) groups is 1. The topological polar surface area (TPSA) is 66.8 Å². The summed E-state index contributed by atoms with van der Waals surface area (Å²) in [6.07, 6.45) is 5.69. The summed E-state index contributed by atoms with van der Waals surface area (Å²) in [5.74, 6) is 1.59. The van der Waals surface area contributed by atoms with E-state index in [2.05, 4.69) is 6.92 Å². The third-order valence-electron chi connectivity index (χ3n) is 7.93. The van der Waals surface area contributed by atoms with Crippen LogP contribution in [-0.2, 0) is 6.42 Å². The third-order valence-corrected chi connectivity index (χ3v) is 7.93. The molecule has 4 heteroatoms. The standard InChI is InChI=1S/C25H28O4/c1-25-12-11-19-18(20(25)9-10-22(25)27)8-7-16-13-17(26)14-21(23(16)19)29-24(28)15-5-3-2-4-6-15/h2-6,13-14,18-20,22,26-27H,7-12H2,1H3. The van der Waals surface area contributed by atoms with Crippen molar-refractivity contribution in [2.24, 2.45) is 17.3 Å². The summed E-state index contributed by atoms with van der Waals surface area (Å²) in [6.45, 7) is 2.26. The highest BCUT2D eigenvalue weighted by Gasteiger charge is 2.54. The number of aliphatic hydroxyl groups is 1. The van der Waals surface area contributed by atoms with Gasteiger partial charge in [0, 0.05) is 11.6 Å². The predicted molar refractivity (Wildman–Crippen MR) is 110 cm³/mol. The molecule has 0 heterocycles. The molecule has 2 aromatic rings. The van der Waals surface area contributed by atoms with Crippen LogP contribution < -0.4 is 4.74 Å². The van der Waals surface area contributed by atoms with Crippen LogP contribution in [0.3, 0.4) is 0 Å². The Bertz CT molecular complexity index is 937. The monoisotopic (exact) mass is 392 g/mol. The largest absolute Gasteiger partial charge is 0.508 e. The summed E-state index contributed by atoms with van der Waals surface area (Å²) in [4.78, 5) is 12.7. The number of ether oxygens (including phenoxy) is 1. The van der Waals surface area contributed by atoms with Crippen LogP contribution in [0.15, 0.2) is 42.5 Å². The number of carbonyl (C=O) groups excluding carboxylic acids is 1. The van der Waals surface area contributed by atoms with E-state index in [1.54, 1.807) is 18.2 Å². The first-order chi connectivity index (χ1) is 14.0. The molecule has 2 N–H and O–H groups in total. The molecule has 0 spiro atoms. The van der Waals surface area contributed by atoms with E-state index in [1.807, 2.05) is 24.3 Å². The van der Waals surface area contributed by atoms with Gasteiger partial charge in [-0.05, 0) is 85.5 Å². The minimum absolute atomic E-state index is 0.0104. The number of phenolic OH excluding ortho intramolecular Hbond substituents is 1. The van der Waals surface area contributed by atoms with Crippen LogP contribution in [0.1, 0.15) is 66.4 Å². The lowest BCUT2D eigenvalue weighted by molar-refractivity contribution is -0.0229. The van der Waals surface area contributed by atoms with Gasteiger partial charge in [-0.2, -0.15) is 0 Å². The third kappa shape index (κ3) is 2.96. The minimum Gasteiger partial charge on any atom is -0.508 e. The van der Waals surface area contributed by atoms with Crippen LogP contribution >= 0.6 is 0 Å². The van der Waals surface area contributed by atoms with Gasteiger partial charge in [-0.15, -0.1) is 0 Å². The van der Waals surface area contributed by atoms with E-state index in [9.17, 15) is 15.0 Å². The Balaban J connectivity index is 1.51. The first-order valence-corrected chi connectivity index (χ1v) is 10.8. The van der Waals surface area contributed by atoms with Crippen molar-refractivity contribution in [1.29, 1.82) is 0 Å². The Hall–Kier alpha value is -2.33. The second-order valence-corrected chi connectivity index (χ2v) is 9.33. The maximum absolute atomic E-state index is 12.7. The zero-order valence-corrected chi connectivity index (χ0v) is 16.8. The van der Waals surface area contributed by atoms with Crippen LogP contribution in [0.2, 0.25) is 0 Å². The van der Waals surface area contributed by atoms with Gasteiger partial charge in [-0.25, -0.2) is 4.79 Å². The Morgan fingerprint density at radius 1 is 1.10 bits per heavy atom. The smallest absolute Gasteiger partial charge is 0.343 e. The maximum Gasteiger partial charge on any atom is 0.343 e. The highest BCUT2D eigenvalue weighted by atomic mass is 16.5. The zero-order chi connectivity index (χ0) is 20.2. The van der Waals surface area contributed by atoms with Crippen molar-refractivity contribution in [2.75, 3.05) is 0 Å². The molecule has 3 aliphatic carbocycles. The van der Waals surface area contributed by atoms with Gasteiger partial charge in [-0.1, -0.05) is 25.1 Å². The maximum atomic E-state index is 12.7. The molecule has 0 aromatic heterocycles. The van der Waals surface area contributed by atoms with Crippen molar-refractivity contribution >= 4 is 5.97 Å². The number of aryl methyl sites for hydroxylation is 1. The lowest BCUT2D eigenvalue weighted by Crippen LogP contribution is -2.44. The number of aliphatic hydroxyl groups excluding tert-OH is 1. The SMILES string of the molecule is CC12CCC3c4c(cc(O)cc4OC(=O)c4ccccc4)CCC3C1CCC2O. The molecule has 2 saturated carbocycles. The molecule has 0 saturated heterocycles. The Labute approximate surface area is 171 Å². The van der Waals surface area contributed by atoms with E-state index >= 15 is 0 Å². The number of hydrogen-bond donors (Lipinski definition) is 2. The Kier molecular flexibility index (Phi) is 4.43. The average molecular weight is 392 g/mol. The van der Waals surface area contributed by atoms with E-state index in [0.717, 1.165) is 49.7 Å². The van der Waals surface area contributed by atoms with Gasteiger partial charge in [0.15, 0.2) is 0 Å². The lowest BCUT2D eigenvalue weighted by atomic mass is 9.55. The molecule has 5 atom stereocenters. The van der Waals surface area contributed by atoms with Crippen molar-refractivity contribution in [1.82, 2.24) is 0 Å². The van der Waals surface area contributed by atoms with E-state index in [1.165, 1.54) is 0 Å². The minimum atomic E-state index is -0.391. The van der Waals surface area contributed by atoms with Gasteiger partial charge in [0.1, 0.15) is 11.5 Å². The van der Waals surface area contributed by atoms with Crippen molar-refractivity contribution in [3.63, 3.8) is 0 Å². The molecule has 0 aliphatic heterocycles. The molecular weight excluding hydrogens is 364 g/mol. The van der Waals surface area contributed by atoms with Crippen LogP contribution in [0.4, 0.5) is 0 Å². The van der Waals surface area contributed by atoms with Crippen molar-refractivity contribution in [3.8, 4) is 11.5 Å². The molecule has 29 heavy (non-hydrogen) atoms. The van der Waals surface area contributed by atoms with Crippen LogP contribution in [-0.4, -0.2) is 22.3 Å². The number of phenols is 1. The fourth-order valence-corrected chi connectivity index (χ4v) is 6.46. The Morgan fingerprint density at radius 2 is 1.90 bits per heavy atom. The first kappa shape index (κ1) is 18.7. The summed E-state index contributed by atoms with van der Waals surface area (Å²) in [5, 5.41) is 20.9. The molecule has 2 fully saturated rings. The predicted octanol–water partition coefficient (Wildman–Crippen LogP) is 4.83. The normalized spacial score (nSPS) is 32.8. The number of aromatic hydroxyl groups is 1. The molecule has 0 bridgehead atoms. The zero-order valence-electron chi connectivity index (χ0n) is 16.8. The van der Waals surface area contributed by atoms with Gasteiger partial charge in [0.05, 0.1) is 11.7 Å². The molecule has 5 rings (SSSR count). The summed E-state index contributed by atoms with van der Waals surface area (Å²) >= 11 is 0. The fraction of sp³-hybridized carbons (Fsp3) is 0.480. The van der Waals surface area contributed by atoms with Crippen molar-refractivity contribution in [3.05, 3.63) is 59.2 Å². The van der Waals surface area contributed by atoms with Crippen LogP contribution in [0, 0.1) is 17.3 Å². The highest BCUT2D eigenvalue weighted by Crippen LogP contribution is 2.62. The Morgan fingerprint density at radius 3 is 2.69 bits per heavy atom. The first-order valence-electron chi connectivity index (χ1n) is 10.8. The lowest BCUT2D eigenvalue weighted by Gasteiger charge is -2.50. The van der Waals surface area contributed by atoms with Crippen LogP contribution in [0.5, 0.6) is 11.5 Å². The molecule has 2 aromatic carbocycles. The van der Waals surface area contributed by atoms with E-state index in [0.29, 0.717) is 29.1 Å². The molecule has 0 radical (unpaired) electrons. The summed E-state index contributed by atoms with van der Waals surface area (Å²) in [5.41, 5.74) is 2.72. The quantitative estimate of drug-likeness (QED) is 0.568. The number of fused-ring (bicyclic) bond motifs is 5. The second kappa shape index (κ2) is 6.88. The fourth-order valence-electron chi connectivity index (χ4n) is 6.46. The summed E-state index contributed by atoms with van der Waals surface area (Å²) < 4.78 is 5.84. The van der Waals surface area contributed by atoms with E-state index in [4.69, 9.17) is 4.74 Å². The second-order valence-electron chi connectivity index (χ2n) is 9.33. The summed E-state index contributed by atoms with van der Waals surface area (Å²) in [6, 6.07) is 12.4. The molecule has 3 aliphatic rings. The van der Waals surface area contributed by atoms with Gasteiger partial charge in [0.25, 0.3) is 0 Å². The average Bonchev–Trinajstić information content (AvgIpc) is 3.03. The highest BCUT2D eigenvalue weighted by molar-refractivity contribution is 5.91. The summed E-state index contributed by atoms with van der Waals surface area (Å²) in [7, 11) is 0. The van der Waals surface area contributed by atoms with Crippen molar-refractivity contribution < 1.29 is 19.7 Å². The van der Waals surface area contributed by atoms with Gasteiger partial charge in [-0.3, -0.25) is 0 Å². The van der Waals surface area contributed by atoms with E-state index in [-0.39, 0.29) is 17.3 Å². The van der Waals surface area contributed by atoms with Crippen LogP contribution in [0.25, 0.3) is 0 Å². The number of benzene rings is 2. The van der Waals surface area contributed by atoms with Gasteiger partial charge < -0.3 is 14.9 Å².